The molecule has 15 heteroatoms. The van der Waals surface area contributed by atoms with Gasteiger partial charge in [0.15, 0.2) is 0 Å². The molecule has 2 aliphatic carbocycles. The van der Waals surface area contributed by atoms with Crippen molar-refractivity contribution in [3.05, 3.63) is 60.2 Å². The van der Waals surface area contributed by atoms with Crippen LogP contribution < -0.4 is 20.7 Å². The zero-order valence-corrected chi connectivity index (χ0v) is 23.7. The lowest BCUT2D eigenvalue weighted by Gasteiger charge is -2.31. The number of carbonyl (C=O) groups is 2. The molecule has 2 amide bonds. The zero-order chi connectivity index (χ0) is 31.1. The molecule has 4 atom stereocenters. The smallest absolute Gasteiger partial charge is 0.496 e. The van der Waals surface area contributed by atoms with E-state index in [0.717, 1.165) is 30.7 Å². The number of nitrogens with zero attached hydrogens (tertiary/aromatic N) is 2. The van der Waals surface area contributed by atoms with Crippen LogP contribution in [-0.2, 0) is 14.6 Å². The molecule has 5 rings (SSSR count). The van der Waals surface area contributed by atoms with E-state index >= 15 is 0 Å². The molecule has 0 spiro atoms. The predicted octanol–water partition coefficient (Wildman–Crippen LogP) is 4.41. The summed E-state index contributed by atoms with van der Waals surface area (Å²) in [5, 5.41) is 8.19. The van der Waals surface area contributed by atoms with Crippen molar-refractivity contribution in [3.8, 4) is 16.9 Å². The van der Waals surface area contributed by atoms with Gasteiger partial charge in [-0.3, -0.25) is 9.59 Å². The second kappa shape index (κ2) is 11.4. The van der Waals surface area contributed by atoms with Crippen molar-refractivity contribution < 1.29 is 40.3 Å². The highest BCUT2D eigenvalue weighted by Crippen LogP contribution is 2.49. The summed E-state index contributed by atoms with van der Waals surface area (Å²) in [6, 6.07) is 5.68. The van der Waals surface area contributed by atoms with Gasteiger partial charge in [-0.15, -0.1) is 0 Å². The lowest BCUT2D eigenvalue weighted by molar-refractivity contribution is -0.122. The minimum absolute atomic E-state index is 0.0172. The monoisotopic (exact) mass is 621 g/mol. The fraction of sp³-hybridized carbons (Fsp3) is 0.357. The second-order valence-corrected chi connectivity index (χ2v) is 12.3. The van der Waals surface area contributed by atoms with Crippen molar-refractivity contribution in [1.82, 2.24) is 15.3 Å². The van der Waals surface area contributed by atoms with E-state index in [1.807, 2.05) is 0 Å². The minimum Gasteiger partial charge on any atom is -0.496 e. The van der Waals surface area contributed by atoms with Gasteiger partial charge >= 0.3 is 5.51 Å². The van der Waals surface area contributed by atoms with Crippen molar-refractivity contribution in [2.24, 2.45) is 17.8 Å². The number of fused-ring (bicyclic) bond motifs is 2. The van der Waals surface area contributed by atoms with E-state index in [4.69, 9.17) is 4.74 Å². The number of halogens is 4. The summed E-state index contributed by atoms with van der Waals surface area (Å²) in [6.07, 6.45) is 4.91. The average molecular weight is 622 g/mol. The van der Waals surface area contributed by atoms with Gasteiger partial charge in [-0.2, -0.15) is 13.2 Å². The third-order valence-corrected chi connectivity index (χ3v) is 9.44. The first-order valence-corrected chi connectivity index (χ1v) is 14.7. The number of benzene rings is 2. The van der Waals surface area contributed by atoms with Crippen LogP contribution in [0.2, 0.25) is 0 Å². The standard InChI is InChI=1S/C28H27F4N5O5S/c1-33-27-34-12-16(13-35-27)19-10-20(22(42-2)11-21(19)29)25(38)37-24-15-7-6-14(8-15)23(24)26(39)36-17-4-3-5-18(9-17)43(40,41)28(30,31)32/h3-5,9-15,23-24H,6-8H2,1-2H3,(H,36,39)(H,37,38)(H,33,34,35)/t14-,15+,23+,24-/m1/s1. The fourth-order valence-electron chi connectivity index (χ4n) is 5.92. The predicted molar refractivity (Wildman–Crippen MR) is 147 cm³/mol. The first-order chi connectivity index (χ1) is 20.3. The van der Waals surface area contributed by atoms with Crippen LogP contribution >= 0.6 is 0 Å². The molecule has 228 valence electrons. The molecule has 0 unspecified atom stereocenters. The van der Waals surface area contributed by atoms with Gasteiger partial charge in [0.25, 0.3) is 15.7 Å². The summed E-state index contributed by atoms with van der Waals surface area (Å²) in [4.78, 5) is 34.2. The Labute approximate surface area is 244 Å². The maximum absolute atomic E-state index is 15.0. The lowest BCUT2D eigenvalue weighted by Crippen LogP contribution is -2.48. The van der Waals surface area contributed by atoms with Crippen LogP contribution in [0.5, 0.6) is 5.75 Å². The Morgan fingerprint density at radius 1 is 1.05 bits per heavy atom. The van der Waals surface area contributed by atoms with Gasteiger partial charge < -0.3 is 20.7 Å². The Balaban J connectivity index is 1.39. The Morgan fingerprint density at radius 2 is 1.74 bits per heavy atom. The van der Waals surface area contributed by atoms with Crippen molar-refractivity contribution in [3.63, 3.8) is 0 Å². The quantitative estimate of drug-likeness (QED) is 0.315. The number of sulfone groups is 1. The Morgan fingerprint density at radius 3 is 2.40 bits per heavy atom. The fourth-order valence-corrected chi connectivity index (χ4v) is 6.73. The van der Waals surface area contributed by atoms with Gasteiger partial charge in [-0.25, -0.2) is 22.8 Å². The van der Waals surface area contributed by atoms with E-state index in [9.17, 15) is 35.6 Å². The van der Waals surface area contributed by atoms with E-state index in [1.165, 1.54) is 31.6 Å². The normalized spacial score (nSPS) is 21.3. The van der Waals surface area contributed by atoms with Crippen LogP contribution in [0.1, 0.15) is 29.6 Å². The topological polar surface area (TPSA) is 139 Å². The SMILES string of the molecule is CNc1ncc(-c2cc(C(=O)N[C@@H]3[C@H]4CC[C@H](C4)[C@@H]3C(=O)Nc3cccc(S(=O)(=O)C(F)(F)F)c3)c(OC)cc2F)cn1. The lowest BCUT2D eigenvalue weighted by atomic mass is 9.83. The number of methoxy groups -OCH3 is 1. The van der Waals surface area contributed by atoms with Crippen LogP contribution in [0.3, 0.4) is 0 Å². The molecular formula is C28H27F4N5O5S. The third kappa shape index (κ3) is 5.72. The highest BCUT2D eigenvalue weighted by molar-refractivity contribution is 7.92. The highest BCUT2D eigenvalue weighted by Gasteiger charge is 2.52. The summed E-state index contributed by atoms with van der Waals surface area (Å²) >= 11 is 0. The molecule has 2 fully saturated rings. The number of carbonyl (C=O) groups excluding carboxylic acids is 2. The summed E-state index contributed by atoms with van der Waals surface area (Å²) in [5.41, 5.74) is -5.23. The maximum Gasteiger partial charge on any atom is 0.501 e. The Kier molecular flexibility index (Phi) is 8.03. The van der Waals surface area contributed by atoms with Crippen LogP contribution in [0.15, 0.2) is 53.7 Å². The highest BCUT2D eigenvalue weighted by atomic mass is 32.2. The maximum atomic E-state index is 15.0. The van der Waals surface area contributed by atoms with Crippen molar-refractivity contribution >= 4 is 33.3 Å². The van der Waals surface area contributed by atoms with Crippen molar-refractivity contribution in [2.75, 3.05) is 24.8 Å². The largest absolute Gasteiger partial charge is 0.501 e. The molecule has 43 heavy (non-hydrogen) atoms. The molecule has 10 nitrogen and oxygen atoms in total. The molecule has 2 bridgehead atoms. The first-order valence-electron chi connectivity index (χ1n) is 13.2. The van der Waals surface area contributed by atoms with Crippen LogP contribution in [0.25, 0.3) is 11.1 Å². The number of hydrogen-bond acceptors (Lipinski definition) is 8. The number of anilines is 2. The van der Waals surface area contributed by atoms with E-state index in [2.05, 4.69) is 25.9 Å². The molecule has 0 saturated heterocycles. The minimum atomic E-state index is -5.61. The van der Waals surface area contributed by atoms with Crippen molar-refractivity contribution in [2.45, 2.75) is 35.7 Å². The van der Waals surface area contributed by atoms with E-state index in [1.54, 1.807) is 7.05 Å². The van der Waals surface area contributed by atoms with Crippen LogP contribution in [0.4, 0.5) is 29.2 Å². The number of alkyl halides is 3. The van der Waals surface area contributed by atoms with Gasteiger partial charge in [-0.1, -0.05) is 6.07 Å². The average Bonchev–Trinajstić information content (AvgIpc) is 3.58. The van der Waals surface area contributed by atoms with Crippen LogP contribution in [-0.4, -0.2) is 55.9 Å². The molecule has 3 aromatic rings. The van der Waals surface area contributed by atoms with Gasteiger partial charge in [0.1, 0.15) is 11.6 Å². The summed E-state index contributed by atoms with van der Waals surface area (Å²) < 4.78 is 83.1. The molecule has 2 aliphatic rings. The van der Waals surface area contributed by atoms with Gasteiger partial charge in [0.2, 0.25) is 11.9 Å². The number of aromatic nitrogens is 2. The molecule has 3 N–H and O–H groups in total. The van der Waals surface area contributed by atoms with Gasteiger partial charge in [0.05, 0.1) is 23.5 Å². The molecule has 2 aromatic carbocycles. The second-order valence-electron chi connectivity index (χ2n) is 10.4. The molecule has 0 aliphatic heterocycles. The summed E-state index contributed by atoms with van der Waals surface area (Å²) in [5.74, 6) is -2.43. The van der Waals surface area contributed by atoms with E-state index in [0.29, 0.717) is 24.4 Å². The molecule has 0 radical (unpaired) electrons. The van der Waals surface area contributed by atoms with Crippen molar-refractivity contribution in [1.29, 1.82) is 0 Å². The van der Waals surface area contributed by atoms with E-state index in [-0.39, 0.29) is 34.4 Å². The van der Waals surface area contributed by atoms with Gasteiger partial charge in [0, 0.05) is 48.4 Å². The Bertz CT molecular complexity index is 1670. The number of amides is 2. The summed E-state index contributed by atoms with van der Waals surface area (Å²) in [6.45, 7) is 0. The number of ether oxygens (including phenoxy) is 1. The third-order valence-electron chi connectivity index (χ3n) is 7.95. The van der Waals surface area contributed by atoms with Crippen LogP contribution in [0, 0.1) is 23.6 Å². The molecule has 1 aromatic heterocycles. The number of hydrogen-bond donors (Lipinski definition) is 3. The molecular weight excluding hydrogens is 594 g/mol. The number of rotatable bonds is 8. The number of nitrogens with one attached hydrogen (secondary N) is 3. The Hall–Kier alpha value is -4.27. The van der Waals surface area contributed by atoms with E-state index < -0.39 is 49.8 Å². The first kappa shape index (κ1) is 30.2. The molecule has 1 heterocycles. The molecule has 2 saturated carbocycles. The van der Waals surface area contributed by atoms with Gasteiger partial charge in [-0.05, 0) is 55.4 Å². The summed E-state index contributed by atoms with van der Waals surface area (Å²) in [7, 11) is -2.70. The zero-order valence-electron chi connectivity index (χ0n) is 22.9.